The maximum absolute atomic E-state index is 6.64. The lowest BCUT2D eigenvalue weighted by Gasteiger charge is -2.21. The van der Waals surface area contributed by atoms with Crippen molar-refractivity contribution in [1.82, 2.24) is 0 Å². The Labute approximate surface area is 255 Å². The Bertz CT molecular complexity index is 2350. The molecule has 0 unspecified atom stereocenters. The van der Waals surface area contributed by atoms with Crippen molar-refractivity contribution in [3.63, 3.8) is 0 Å². The first-order valence-electron chi connectivity index (χ1n) is 14.9. The Morgan fingerprint density at radius 1 is 0.318 bits per heavy atom. The van der Waals surface area contributed by atoms with E-state index in [-0.39, 0.29) is 0 Å². The Morgan fingerprint density at radius 2 is 0.932 bits per heavy atom. The van der Waals surface area contributed by atoms with Crippen molar-refractivity contribution in [2.45, 2.75) is 0 Å². The first-order chi connectivity index (χ1) is 21.8. The average molecular weight is 563 g/mol. The minimum absolute atomic E-state index is 0.825. The Kier molecular flexibility index (Phi) is 5.54. The molecule has 0 aliphatic carbocycles. The van der Waals surface area contributed by atoms with Crippen LogP contribution in [0.25, 0.3) is 77.6 Å². The highest BCUT2D eigenvalue weighted by Gasteiger charge is 2.21. The van der Waals surface area contributed by atoms with Crippen LogP contribution in [-0.4, -0.2) is 0 Å². The van der Waals surface area contributed by atoms with Crippen molar-refractivity contribution >= 4 is 21.5 Å². The molecule has 2 nitrogen and oxygen atoms in total. The zero-order valence-electron chi connectivity index (χ0n) is 23.8. The van der Waals surface area contributed by atoms with Crippen molar-refractivity contribution in [2.24, 2.45) is 0 Å². The highest BCUT2D eigenvalue weighted by atomic mass is 16.5. The SMILES string of the molecule is c1ccc(-c2cccc3cccc(-c4ccccc4-c4ccc(-c5ccc6c(c5)-c5cccc7cccc(c57)O6)o4)c23)cc1. The second kappa shape index (κ2) is 9.86. The standard InChI is InChI=1S/C42H26O2/c1-2-10-27(11-3-1)31-18-6-12-28-13-7-19-34(41(28)31)32-16-4-5-17-33(32)38-25-24-37(43-38)30-22-23-39-36(26-30)35-20-8-14-29-15-9-21-40(44-39)42(29)35/h1-26H. The lowest BCUT2D eigenvalue weighted by molar-refractivity contribution is 0.487. The van der Waals surface area contributed by atoms with Gasteiger partial charge in [0, 0.05) is 22.1 Å². The number of hydrogen-bond acceptors (Lipinski definition) is 2. The molecule has 206 valence electrons. The topological polar surface area (TPSA) is 22.4 Å². The largest absolute Gasteiger partial charge is 0.456 e. The van der Waals surface area contributed by atoms with Crippen LogP contribution in [0.5, 0.6) is 11.5 Å². The molecule has 0 saturated carbocycles. The van der Waals surface area contributed by atoms with E-state index in [0.717, 1.165) is 50.7 Å². The molecule has 8 aromatic rings. The van der Waals surface area contributed by atoms with Crippen LogP contribution < -0.4 is 4.74 Å². The summed E-state index contributed by atoms with van der Waals surface area (Å²) in [7, 11) is 0. The van der Waals surface area contributed by atoms with Gasteiger partial charge in [-0.05, 0) is 80.4 Å². The molecule has 9 rings (SSSR count). The number of rotatable bonds is 4. The maximum atomic E-state index is 6.64. The van der Waals surface area contributed by atoms with E-state index in [2.05, 4.69) is 146 Å². The van der Waals surface area contributed by atoms with E-state index in [9.17, 15) is 0 Å². The third-order valence-corrected chi connectivity index (χ3v) is 8.72. The van der Waals surface area contributed by atoms with Crippen LogP contribution in [0.3, 0.4) is 0 Å². The predicted molar refractivity (Wildman–Crippen MR) is 181 cm³/mol. The molecule has 0 radical (unpaired) electrons. The fraction of sp³-hybridized carbons (Fsp3) is 0. The summed E-state index contributed by atoms with van der Waals surface area (Å²) in [5.41, 5.74) is 9.10. The highest BCUT2D eigenvalue weighted by Crippen LogP contribution is 2.48. The van der Waals surface area contributed by atoms with E-state index in [1.807, 2.05) is 12.1 Å². The molecule has 44 heavy (non-hydrogen) atoms. The van der Waals surface area contributed by atoms with Gasteiger partial charge in [0.2, 0.25) is 0 Å². The second-order valence-corrected chi connectivity index (χ2v) is 11.3. The van der Waals surface area contributed by atoms with Crippen LogP contribution in [0.2, 0.25) is 0 Å². The van der Waals surface area contributed by atoms with Gasteiger partial charge < -0.3 is 9.15 Å². The van der Waals surface area contributed by atoms with Crippen LogP contribution in [0.15, 0.2) is 162 Å². The Hall–Kier alpha value is -5.86. The summed E-state index contributed by atoms with van der Waals surface area (Å²) in [5.74, 6) is 3.43. The van der Waals surface area contributed by atoms with Crippen LogP contribution in [0.1, 0.15) is 0 Å². The molecule has 1 aliphatic rings. The average Bonchev–Trinajstić information content (AvgIpc) is 3.59. The van der Waals surface area contributed by atoms with Gasteiger partial charge in [0.15, 0.2) is 0 Å². The van der Waals surface area contributed by atoms with E-state index < -0.39 is 0 Å². The number of fused-ring (bicyclic) bond motifs is 3. The predicted octanol–water partition coefficient (Wildman–Crippen LogP) is 12.0. The van der Waals surface area contributed by atoms with Crippen molar-refractivity contribution in [1.29, 1.82) is 0 Å². The van der Waals surface area contributed by atoms with Gasteiger partial charge in [0.25, 0.3) is 0 Å². The molecule has 0 bridgehead atoms. The van der Waals surface area contributed by atoms with Gasteiger partial charge in [-0.1, -0.05) is 121 Å². The quantitative estimate of drug-likeness (QED) is 0.213. The zero-order chi connectivity index (χ0) is 29.0. The molecule has 0 N–H and O–H groups in total. The lowest BCUT2D eigenvalue weighted by atomic mass is 9.89. The molecule has 0 saturated heterocycles. The third kappa shape index (κ3) is 3.89. The molecule has 0 spiro atoms. The number of ether oxygens (including phenoxy) is 1. The number of hydrogen-bond donors (Lipinski definition) is 0. The fourth-order valence-corrected chi connectivity index (χ4v) is 6.71. The van der Waals surface area contributed by atoms with Gasteiger partial charge in [-0.2, -0.15) is 0 Å². The molecule has 0 atom stereocenters. The van der Waals surface area contributed by atoms with Crippen molar-refractivity contribution in [3.8, 4) is 67.5 Å². The van der Waals surface area contributed by atoms with E-state index in [1.54, 1.807) is 0 Å². The second-order valence-electron chi connectivity index (χ2n) is 11.3. The third-order valence-electron chi connectivity index (χ3n) is 8.72. The van der Waals surface area contributed by atoms with Gasteiger partial charge in [-0.3, -0.25) is 0 Å². The molecule has 0 fully saturated rings. The van der Waals surface area contributed by atoms with Gasteiger partial charge in [-0.25, -0.2) is 0 Å². The van der Waals surface area contributed by atoms with Crippen LogP contribution in [-0.2, 0) is 0 Å². The summed E-state index contributed by atoms with van der Waals surface area (Å²) < 4.78 is 13.0. The first-order valence-corrected chi connectivity index (χ1v) is 14.9. The summed E-state index contributed by atoms with van der Waals surface area (Å²) in [5, 5.41) is 4.78. The molecule has 1 aromatic heterocycles. The molecule has 2 heterocycles. The van der Waals surface area contributed by atoms with E-state index in [4.69, 9.17) is 9.15 Å². The fourth-order valence-electron chi connectivity index (χ4n) is 6.71. The van der Waals surface area contributed by atoms with Crippen molar-refractivity contribution in [3.05, 3.63) is 158 Å². The normalized spacial score (nSPS) is 11.8. The van der Waals surface area contributed by atoms with E-state index >= 15 is 0 Å². The van der Waals surface area contributed by atoms with Gasteiger partial charge in [-0.15, -0.1) is 0 Å². The maximum Gasteiger partial charge on any atom is 0.135 e. The van der Waals surface area contributed by atoms with Crippen LogP contribution in [0, 0.1) is 0 Å². The monoisotopic (exact) mass is 562 g/mol. The molecular weight excluding hydrogens is 536 g/mol. The Balaban J connectivity index is 1.16. The molecule has 0 amide bonds. The van der Waals surface area contributed by atoms with E-state index in [0.29, 0.717) is 0 Å². The summed E-state index contributed by atoms with van der Waals surface area (Å²) in [6.07, 6.45) is 0. The number of furan rings is 1. The highest BCUT2D eigenvalue weighted by molar-refractivity contribution is 6.08. The Morgan fingerprint density at radius 3 is 1.73 bits per heavy atom. The summed E-state index contributed by atoms with van der Waals surface area (Å²) in [4.78, 5) is 0. The first kappa shape index (κ1) is 24.7. The molecule has 2 heteroatoms. The molecule has 1 aliphatic heterocycles. The minimum Gasteiger partial charge on any atom is -0.456 e. The number of benzene rings is 7. The smallest absolute Gasteiger partial charge is 0.135 e. The molecule has 7 aromatic carbocycles. The molecular formula is C42H26O2. The van der Waals surface area contributed by atoms with Gasteiger partial charge >= 0.3 is 0 Å². The van der Waals surface area contributed by atoms with Crippen LogP contribution >= 0.6 is 0 Å². The van der Waals surface area contributed by atoms with Crippen molar-refractivity contribution < 1.29 is 9.15 Å². The summed E-state index contributed by atoms with van der Waals surface area (Å²) in [6, 6.07) is 55.4. The minimum atomic E-state index is 0.825. The lowest BCUT2D eigenvalue weighted by Crippen LogP contribution is -1.97. The zero-order valence-corrected chi connectivity index (χ0v) is 23.8. The summed E-state index contributed by atoms with van der Waals surface area (Å²) >= 11 is 0. The van der Waals surface area contributed by atoms with Crippen LogP contribution in [0.4, 0.5) is 0 Å². The van der Waals surface area contributed by atoms with E-state index in [1.165, 1.54) is 38.4 Å². The van der Waals surface area contributed by atoms with Gasteiger partial charge in [0.05, 0.1) is 0 Å². The van der Waals surface area contributed by atoms with Gasteiger partial charge in [0.1, 0.15) is 23.0 Å². The summed E-state index contributed by atoms with van der Waals surface area (Å²) in [6.45, 7) is 0. The van der Waals surface area contributed by atoms with Crippen molar-refractivity contribution in [2.75, 3.05) is 0 Å².